The topological polar surface area (TPSA) is 61.1 Å². The number of hydrogen-bond acceptors (Lipinski definition) is 4. The van der Waals surface area contributed by atoms with Crippen LogP contribution in [0.3, 0.4) is 0 Å². The summed E-state index contributed by atoms with van der Waals surface area (Å²) >= 11 is 0. The van der Waals surface area contributed by atoms with Crippen LogP contribution in [0.4, 0.5) is 0 Å². The van der Waals surface area contributed by atoms with Gasteiger partial charge in [-0.1, -0.05) is 0 Å². The highest BCUT2D eigenvalue weighted by Gasteiger charge is 2.19. The van der Waals surface area contributed by atoms with Gasteiger partial charge in [0.2, 0.25) is 0 Å². The van der Waals surface area contributed by atoms with Gasteiger partial charge in [-0.15, -0.1) is 4.94 Å². The molecule has 0 saturated heterocycles. The van der Waals surface area contributed by atoms with Crippen LogP contribution in [-0.2, 0) is 4.94 Å². The van der Waals surface area contributed by atoms with Gasteiger partial charge in [0.25, 0.3) is 0 Å². The Labute approximate surface area is 52.8 Å². The smallest absolute Gasteiger partial charge is 0.173 e. The second kappa shape index (κ2) is 2.88. The minimum absolute atomic E-state index is 0.113. The lowest BCUT2D eigenvalue weighted by Crippen LogP contribution is -3.13. The molecule has 52 valence electrons. The fourth-order valence-corrected chi connectivity index (χ4v) is 0.522. The molecule has 9 heavy (non-hydrogen) atoms. The van der Waals surface area contributed by atoms with E-state index in [0.29, 0.717) is 6.54 Å². The van der Waals surface area contributed by atoms with E-state index < -0.39 is 0 Å². The zero-order chi connectivity index (χ0) is 6.69. The predicted octanol–water partition coefficient (Wildman–Crippen LogP) is -2.11. The van der Waals surface area contributed by atoms with Crippen molar-refractivity contribution in [3.63, 3.8) is 0 Å². The van der Waals surface area contributed by atoms with E-state index in [4.69, 9.17) is 0 Å². The first-order valence-electron chi connectivity index (χ1n) is 2.72. The highest BCUT2D eigenvalue weighted by molar-refractivity contribution is 5.68. The number of hydrogen-bond donors (Lipinski definition) is 2. The fraction of sp³-hybridized carbons (Fsp3) is 0.750. The molecule has 5 nitrogen and oxygen atoms in total. The van der Waals surface area contributed by atoms with Gasteiger partial charge >= 0.3 is 0 Å². The quantitative estimate of drug-likeness (QED) is 0.431. The molecule has 0 aromatic rings. The van der Waals surface area contributed by atoms with E-state index in [1.54, 1.807) is 13.3 Å². The molecule has 1 aliphatic rings. The van der Waals surface area contributed by atoms with Crippen molar-refractivity contribution in [2.75, 3.05) is 13.6 Å². The lowest BCUT2D eigenvalue weighted by molar-refractivity contribution is -1.07. The maximum absolute atomic E-state index is 10.6. The van der Waals surface area contributed by atoms with Crippen molar-refractivity contribution in [2.45, 2.75) is 6.04 Å². The fourth-order valence-electron chi connectivity index (χ4n) is 0.522. The summed E-state index contributed by atoms with van der Waals surface area (Å²) in [5.74, 6) is 0. The number of hydroxylamine groups is 3. The summed E-state index contributed by atoms with van der Waals surface area (Å²) in [5, 5.41) is 10.4. The molecule has 1 rings (SSSR count). The number of nitrogens with one attached hydrogen (secondary N) is 2. The lowest BCUT2D eigenvalue weighted by Gasteiger charge is -2.27. The molecule has 0 radical (unpaired) electrons. The molecule has 0 aliphatic carbocycles. The maximum Gasteiger partial charge on any atom is 0.173 e. The van der Waals surface area contributed by atoms with Gasteiger partial charge in [-0.2, -0.15) is 10.7 Å². The van der Waals surface area contributed by atoms with Crippen LogP contribution >= 0.6 is 0 Å². The van der Waals surface area contributed by atoms with Crippen LogP contribution in [0.5, 0.6) is 0 Å². The Bertz CT molecular complexity index is 116. The van der Waals surface area contributed by atoms with Crippen molar-refractivity contribution in [1.82, 2.24) is 5.48 Å². The monoisotopic (exact) mass is 131 g/mol. The van der Waals surface area contributed by atoms with Crippen LogP contribution in [0.1, 0.15) is 0 Å². The first kappa shape index (κ1) is 6.63. The van der Waals surface area contributed by atoms with Crippen LogP contribution < -0.4 is 10.7 Å². The summed E-state index contributed by atoms with van der Waals surface area (Å²) in [5.41, 5.74) is 2.31. The number of rotatable bonds is 3. The maximum atomic E-state index is 10.6. The Hall–Kier alpha value is -0.490. The predicted molar refractivity (Wildman–Crippen MR) is 31.6 cm³/mol. The van der Waals surface area contributed by atoms with Crippen molar-refractivity contribution >= 4 is 6.21 Å². The Morgan fingerprint density at radius 3 is 3.00 bits per heavy atom. The molecule has 0 fully saturated rings. The van der Waals surface area contributed by atoms with Crippen LogP contribution in [0.15, 0.2) is 4.99 Å². The summed E-state index contributed by atoms with van der Waals surface area (Å²) < 4.78 is 0. The zero-order valence-electron chi connectivity index (χ0n) is 5.13. The zero-order valence-corrected chi connectivity index (χ0v) is 5.13. The van der Waals surface area contributed by atoms with Gasteiger partial charge in [0.05, 0.1) is 12.8 Å². The molecule has 2 atom stereocenters. The second-order valence-electron chi connectivity index (χ2n) is 1.75. The van der Waals surface area contributed by atoms with Crippen LogP contribution in [0.2, 0.25) is 0 Å². The molecule has 0 saturated carbocycles. The van der Waals surface area contributed by atoms with Crippen molar-refractivity contribution in [3.8, 4) is 0 Å². The summed E-state index contributed by atoms with van der Waals surface area (Å²) in [7, 11) is 1.55. The third-order valence-electron chi connectivity index (χ3n) is 1.09. The number of nitrogens with zero attached hydrogens (tertiary/aromatic N) is 1. The molecule has 2 unspecified atom stereocenters. The summed E-state index contributed by atoms with van der Waals surface area (Å²) in [6.07, 6.45) is 1.58. The molecule has 0 aromatic carbocycles. The molecule has 1 aliphatic heterocycles. The summed E-state index contributed by atoms with van der Waals surface area (Å²) in [4.78, 5) is 8.21. The van der Waals surface area contributed by atoms with Crippen LogP contribution in [0.25, 0.3) is 0 Å². The molecule has 0 spiro atoms. The van der Waals surface area contributed by atoms with Crippen molar-refractivity contribution < 1.29 is 10.2 Å². The van der Waals surface area contributed by atoms with E-state index in [2.05, 4.69) is 15.4 Å². The Morgan fingerprint density at radius 1 is 2.00 bits per heavy atom. The number of quaternary nitrogens is 1. The Morgan fingerprint density at radius 2 is 2.67 bits per heavy atom. The minimum atomic E-state index is -0.257. The molecule has 0 bridgehead atoms. The molecular weight excluding hydrogens is 122 g/mol. The van der Waals surface area contributed by atoms with Gasteiger partial charge in [0, 0.05) is 7.05 Å². The Balaban J connectivity index is 2.17. The Kier molecular flexibility index (Phi) is 2.12. The third kappa shape index (κ3) is 1.46. The van der Waals surface area contributed by atoms with E-state index in [0.717, 1.165) is 0 Å². The van der Waals surface area contributed by atoms with Crippen molar-refractivity contribution in [3.05, 3.63) is 5.21 Å². The van der Waals surface area contributed by atoms with Gasteiger partial charge in [-0.05, 0) is 0 Å². The van der Waals surface area contributed by atoms with Gasteiger partial charge in [0.15, 0.2) is 6.04 Å². The summed E-state index contributed by atoms with van der Waals surface area (Å²) in [6, 6.07) is -0.113. The molecule has 0 aromatic heterocycles. The molecule has 2 N–H and O–H groups in total. The van der Waals surface area contributed by atoms with Gasteiger partial charge in [-0.3, -0.25) is 4.99 Å². The van der Waals surface area contributed by atoms with Crippen LogP contribution in [0, 0.1) is 5.21 Å². The molecule has 5 heteroatoms. The molecule has 0 amide bonds. The third-order valence-corrected chi connectivity index (χ3v) is 1.09. The second-order valence-corrected chi connectivity index (χ2v) is 1.75. The van der Waals surface area contributed by atoms with E-state index in [1.165, 1.54) is 0 Å². The molecular formula is C4H9N3O2. The highest BCUT2D eigenvalue weighted by atomic mass is 17.0. The lowest BCUT2D eigenvalue weighted by atomic mass is 10.3. The minimum Gasteiger partial charge on any atom is -0.598 e. The first-order chi connectivity index (χ1) is 4.34. The van der Waals surface area contributed by atoms with Gasteiger partial charge in [0.1, 0.15) is 0 Å². The van der Waals surface area contributed by atoms with Gasteiger partial charge in [-0.25, -0.2) is 0 Å². The van der Waals surface area contributed by atoms with Crippen molar-refractivity contribution in [1.29, 1.82) is 0 Å². The van der Waals surface area contributed by atoms with Crippen molar-refractivity contribution in [2.24, 2.45) is 4.99 Å². The highest BCUT2D eigenvalue weighted by Crippen LogP contribution is 1.85. The average Bonchev–Trinajstić information content (AvgIpc) is 1.60. The standard InChI is InChI=1S/C4H9N3O2/c1-5-9-7(8)4-2-6-3-4/h2,4-5,7H,3H2,1H3. The van der Waals surface area contributed by atoms with E-state index in [9.17, 15) is 5.21 Å². The molecule has 1 heterocycles. The van der Waals surface area contributed by atoms with Gasteiger partial charge < -0.3 is 5.21 Å². The van der Waals surface area contributed by atoms with E-state index in [-0.39, 0.29) is 11.3 Å². The first-order valence-corrected chi connectivity index (χ1v) is 2.72. The van der Waals surface area contributed by atoms with Crippen LogP contribution in [-0.4, -0.2) is 25.8 Å². The SMILES string of the molecule is CNO[NH+]([O-])C1C=NC1. The average molecular weight is 131 g/mol. The van der Waals surface area contributed by atoms with E-state index in [1.807, 2.05) is 0 Å². The largest absolute Gasteiger partial charge is 0.598 e. The van der Waals surface area contributed by atoms with E-state index >= 15 is 0 Å². The number of aliphatic imine (C=N–C) groups is 1. The normalized spacial score (nSPS) is 27.6. The summed E-state index contributed by atoms with van der Waals surface area (Å²) in [6.45, 7) is 0.570.